The molecule has 2 saturated carbocycles. The second-order valence-corrected chi connectivity index (χ2v) is 21.7. The molecule has 1 heterocycles. The van der Waals surface area contributed by atoms with Crippen LogP contribution in [0.4, 0.5) is 0 Å². The molecule has 0 amide bonds. The summed E-state index contributed by atoms with van der Waals surface area (Å²) >= 11 is 0. The smallest absolute Gasteiger partial charge is 0.303 e. The number of hydrogen-bond acceptors (Lipinski definition) is 18. The van der Waals surface area contributed by atoms with Crippen LogP contribution in [0, 0.1) is 45.3 Å². The summed E-state index contributed by atoms with van der Waals surface area (Å²) in [5.41, 5.74) is -10.3. The molecule has 0 aromatic heterocycles. The lowest BCUT2D eigenvalue weighted by molar-refractivity contribution is -0.250. The monoisotopic (exact) mass is 976 g/mol. The van der Waals surface area contributed by atoms with Gasteiger partial charge in [0.2, 0.25) is 0 Å². The van der Waals surface area contributed by atoms with Crippen LogP contribution < -0.4 is 0 Å². The van der Waals surface area contributed by atoms with E-state index in [4.69, 9.17) is 33.2 Å². The topological polar surface area (TPSA) is 259 Å². The first-order valence-electron chi connectivity index (χ1n) is 23.5. The molecule has 0 radical (unpaired) electrons. The highest BCUT2D eigenvalue weighted by Crippen LogP contribution is 2.67. The van der Waals surface area contributed by atoms with Gasteiger partial charge in [-0.3, -0.25) is 43.2 Å². The predicted octanol–water partition coefficient (Wildman–Crippen LogP) is 4.17. The molecule has 2 N–H and O–H groups in total. The van der Waals surface area contributed by atoms with Crippen molar-refractivity contribution in [1.82, 2.24) is 0 Å². The van der Waals surface area contributed by atoms with Crippen molar-refractivity contribution in [3.8, 4) is 0 Å². The van der Waals surface area contributed by atoms with Crippen LogP contribution in [0.2, 0.25) is 0 Å². The van der Waals surface area contributed by atoms with Gasteiger partial charge in [-0.25, -0.2) is 0 Å². The van der Waals surface area contributed by atoms with E-state index in [-0.39, 0.29) is 27.9 Å². The molecule has 7 rings (SSSR count). The summed E-state index contributed by atoms with van der Waals surface area (Å²) in [6, 6.07) is 0. The highest BCUT2D eigenvalue weighted by molar-refractivity contribution is 5.99. The zero-order valence-electron chi connectivity index (χ0n) is 42.1. The van der Waals surface area contributed by atoms with Crippen LogP contribution in [0.15, 0.2) is 57.9 Å². The van der Waals surface area contributed by atoms with Crippen LogP contribution in [0.25, 0.3) is 0 Å². The lowest BCUT2D eigenvalue weighted by Crippen LogP contribution is -2.73. The number of hydrogen-bond donors (Lipinski definition) is 2. The highest BCUT2D eigenvalue weighted by atomic mass is 16.6. The molecule has 0 aromatic carbocycles. The van der Waals surface area contributed by atoms with Gasteiger partial charge in [0.1, 0.15) is 35.8 Å². The molecule has 0 spiro atoms. The molecule has 6 aliphatic carbocycles. The van der Waals surface area contributed by atoms with E-state index in [2.05, 4.69) is 0 Å². The number of aliphatic hydroxyl groups is 2. The SMILES string of the molecule is CC(=O)O[C@@H]1C2=C(C)C(=O)C[C@@](O)([C@@H](OC(C)=O)[C@@H]3C4=CO[C@H]5[C@H](C=C(C=O)[C@H]6[C@H](OC(C)=O)[C@]7(O)CC(=O)C(C)=C([C@@H](OC(C)=O)[C@H](OC(C)=O)[C@]56C)C7(C)C)[C@H]4C=C[C@@]3(C)[C@H]1OC(C)=O)C2(C)C. The number of Topliss-reactive ketones (excluding diaryl/α,β-unsaturated/α-hetero) is 2. The summed E-state index contributed by atoms with van der Waals surface area (Å²) in [5, 5.41) is 26.6. The summed E-state index contributed by atoms with van der Waals surface area (Å²) in [4.78, 5) is 122. The number of fused-ring (bicyclic) bond motifs is 11. The normalized spacial score (nSPS) is 39.9. The molecule has 15 atom stereocenters. The summed E-state index contributed by atoms with van der Waals surface area (Å²) in [5.74, 6) is -10.7. The molecule has 0 unspecified atom stereocenters. The van der Waals surface area contributed by atoms with E-state index >= 15 is 0 Å². The Hall–Kier alpha value is -5.75. The molecule has 70 heavy (non-hydrogen) atoms. The molecular weight excluding hydrogens is 913 g/mol. The van der Waals surface area contributed by atoms with Crippen molar-refractivity contribution in [1.29, 1.82) is 0 Å². The molecule has 0 saturated heterocycles. The van der Waals surface area contributed by atoms with Gasteiger partial charge in [-0.1, -0.05) is 59.8 Å². The quantitative estimate of drug-likeness (QED) is 0.157. The van der Waals surface area contributed by atoms with Gasteiger partial charge >= 0.3 is 35.8 Å². The molecule has 4 bridgehead atoms. The van der Waals surface area contributed by atoms with E-state index in [1.807, 2.05) is 0 Å². The van der Waals surface area contributed by atoms with Gasteiger partial charge < -0.3 is 43.4 Å². The lowest BCUT2D eigenvalue weighted by atomic mass is 9.44. The van der Waals surface area contributed by atoms with Crippen molar-refractivity contribution in [2.75, 3.05) is 0 Å². The molecule has 18 nitrogen and oxygen atoms in total. The number of carbonyl (C=O) groups is 9. The van der Waals surface area contributed by atoms with Crippen molar-refractivity contribution >= 4 is 53.7 Å². The van der Waals surface area contributed by atoms with Crippen molar-refractivity contribution in [3.05, 3.63) is 57.9 Å². The Kier molecular flexibility index (Phi) is 12.8. The number of aldehydes is 1. The van der Waals surface area contributed by atoms with Gasteiger partial charge in [-0.2, -0.15) is 0 Å². The van der Waals surface area contributed by atoms with Gasteiger partial charge in [0.05, 0.1) is 11.7 Å². The summed E-state index contributed by atoms with van der Waals surface area (Å²) in [7, 11) is 0. The van der Waals surface area contributed by atoms with Crippen LogP contribution in [-0.4, -0.2) is 118 Å². The fourth-order valence-corrected chi connectivity index (χ4v) is 13.8. The van der Waals surface area contributed by atoms with Crippen LogP contribution in [-0.2, 0) is 76.3 Å². The molecule has 7 aliphatic rings. The van der Waals surface area contributed by atoms with Crippen molar-refractivity contribution in [3.63, 3.8) is 0 Å². The first-order valence-corrected chi connectivity index (χ1v) is 23.5. The number of carbonyl (C=O) groups excluding carboxylic acids is 9. The van der Waals surface area contributed by atoms with E-state index in [1.54, 1.807) is 59.8 Å². The number of esters is 6. The standard InChI is InChI=1S/C52H64O18/c1-22-35(61)19-52(63)44(68-27(6)57)39-33-21-64-42-32(31(33)15-16-49(39,13)45(69-28(7)58)40(65-24(3)54)36(22)47(52,9)10)17-30(20-53)38-43(67-26(5)56)51(62)18-34(60)23(2)37(48(51,11)12)41(66-25(4)55)46(50(38,42)14)70-29(8)59/h15-17,20-21,31-32,38-46,62-63H,18-19H2,1-14H3/t31-,32-,38+,39+,40-,41-,42+,43+,44+,45+,46+,49-,50+,51-,52-/m1/s1. The zero-order valence-corrected chi connectivity index (χ0v) is 42.1. The maximum atomic E-state index is 14.2. The first kappa shape index (κ1) is 52.1. The summed E-state index contributed by atoms with van der Waals surface area (Å²) in [6.07, 6.45) is -4.97. The Balaban J connectivity index is 1.57. The average molecular weight is 977 g/mol. The Morgan fingerprint density at radius 2 is 1.01 bits per heavy atom. The van der Waals surface area contributed by atoms with Gasteiger partial charge in [0.25, 0.3) is 0 Å². The van der Waals surface area contributed by atoms with E-state index in [0.29, 0.717) is 11.9 Å². The number of allylic oxidation sites excluding steroid dienone is 3. The van der Waals surface area contributed by atoms with Crippen LogP contribution >= 0.6 is 0 Å². The Bertz CT molecular complexity index is 2540. The van der Waals surface area contributed by atoms with E-state index in [9.17, 15) is 53.4 Å². The Morgan fingerprint density at radius 3 is 1.44 bits per heavy atom. The third kappa shape index (κ3) is 7.43. The van der Waals surface area contributed by atoms with Gasteiger partial charge in [-0.15, -0.1) is 0 Å². The van der Waals surface area contributed by atoms with Crippen LogP contribution in [0.1, 0.15) is 110 Å². The van der Waals surface area contributed by atoms with E-state index < -0.39 is 159 Å². The minimum Gasteiger partial charge on any atom is -0.497 e. The summed E-state index contributed by atoms with van der Waals surface area (Å²) in [6.45, 7) is 19.5. The van der Waals surface area contributed by atoms with Crippen molar-refractivity contribution in [2.45, 2.75) is 164 Å². The average Bonchev–Trinajstić information content (AvgIpc) is 3.22. The first-order chi connectivity index (χ1) is 32.3. The Labute approximate surface area is 406 Å². The van der Waals surface area contributed by atoms with Crippen molar-refractivity contribution in [2.24, 2.45) is 45.3 Å². The zero-order chi connectivity index (χ0) is 52.3. The number of rotatable bonds is 7. The third-order valence-electron chi connectivity index (χ3n) is 17.0. The van der Waals surface area contributed by atoms with Crippen LogP contribution in [0.3, 0.4) is 0 Å². The van der Waals surface area contributed by atoms with Gasteiger partial charge in [0.15, 0.2) is 36.0 Å². The molecule has 18 heteroatoms. The van der Waals surface area contributed by atoms with Gasteiger partial charge in [0, 0.05) is 94.3 Å². The second-order valence-electron chi connectivity index (χ2n) is 21.7. The van der Waals surface area contributed by atoms with E-state index in [0.717, 1.165) is 41.5 Å². The number of ether oxygens (including phenoxy) is 7. The highest BCUT2D eigenvalue weighted by Gasteiger charge is 2.74. The minimum absolute atomic E-state index is 0.0727. The largest absolute Gasteiger partial charge is 0.497 e. The lowest BCUT2D eigenvalue weighted by Gasteiger charge is -2.64. The predicted molar refractivity (Wildman–Crippen MR) is 242 cm³/mol. The summed E-state index contributed by atoms with van der Waals surface area (Å²) < 4.78 is 43.9. The van der Waals surface area contributed by atoms with Crippen LogP contribution in [0.5, 0.6) is 0 Å². The minimum atomic E-state index is -2.29. The Morgan fingerprint density at radius 1 is 0.614 bits per heavy atom. The molecule has 1 aliphatic heterocycles. The number of ketones is 2. The molecule has 0 aromatic rings. The fraction of sp³-hybridized carbons (Fsp3) is 0.635. The van der Waals surface area contributed by atoms with Gasteiger partial charge in [-0.05, 0) is 47.3 Å². The fourth-order valence-electron chi connectivity index (χ4n) is 13.8. The molecule has 2 fully saturated rings. The second kappa shape index (κ2) is 17.2. The maximum Gasteiger partial charge on any atom is 0.303 e. The van der Waals surface area contributed by atoms with E-state index in [1.165, 1.54) is 20.1 Å². The molecular formula is C52H64O18. The van der Waals surface area contributed by atoms with Crippen molar-refractivity contribution < 1.29 is 86.5 Å². The molecule has 380 valence electrons. The third-order valence-corrected chi connectivity index (χ3v) is 17.0. The maximum absolute atomic E-state index is 14.2.